The number of ether oxygens (including phenoxy) is 2. The van der Waals surface area contributed by atoms with Crippen LogP contribution in [0.15, 0.2) is 48.5 Å². The van der Waals surface area contributed by atoms with Crippen LogP contribution in [0.3, 0.4) is 0 Å². The molecular formula is C20H25NO2. The van der Waals surface area contributed by atoms with Gasteiger partial charge in [0.1, 0.15) is 11.5 Å². The van der Waals surface area contributed by atoms with Gasteiger partial charge in [0.25, 0.3) is 0 Å². The molecule has 1 aliphatic heterocycles. The number of nitrogens with zero attached hydrogens (tertiary/aromatic N) is 1. The molecule has 122 valence electrons. The summed E-state index contributed by atoms with van der Waals surface area (Å²) in [5, 5.41) is 0. The Morgan fingerprint density at radius 2 is 1.70 bits per heavy atom. The van der Waals surface area contributed by atoms with Gasteiger partial charge in [-0.3, -0.25) is 4.90 Å². The average molecular weight is 311 g/mol. The number of hydrogen-bond donors (Lipinski definition) is 0. The molecule has 1 heterocycles. The number of hydrogen-bond acceptors (Lipinski definition) is 3. The summed E-state index contributed by atoms with van der Waals surface area (Å²) < 4.78 is 10.8. The summed E-state index contributed by atoms with van der Waals surface area (Å²) in [4.78, 5) is 2.57. The van der Waals surface area contributed by atoms with Crippen molar-refractivity contribution in [3.63, 3.8) is 0 Å². The normalized spacial score (nSPS) is 18.1. The molecule has 1 atom stereocenters. The quantitative estimate of drug-likeness (QED) is 0.787. The van der Waals surface area contributed by atoms with Crippen molar-refractivity contribution in [1.82, 2.24) is 4.90 Å². The molecule has 0 spiro atoms. The van der Waals surface area contributed by atoms with Crippen molar-refractivity contribution < 1.29 is 9.47 Å². The maximum Gasteiger partial charge on any atom is 0.119 e. The zero-order valence-electron chi connectivity index (χ0n) is 14.0. The van der Waals surface area contributed by atoms with Crippen LogP contribution in [0.2, 0.25) is 0 Å². The summed E-state index contributed by atoms with van der Waals surface area (Å²) in [5.41, 5.74) is 2.73. The van der Waals surface area contributed by atoms with E-state index >= 15 is 0 Å². The third-order valence-electron chi connectivity index (χ3n) is 4.48. The lowest BCUT2D eigenvalue weighted by molar-refractivity contribution is 0.248. The molecule has 3 nitrogen and oxygen atoms in total. The molecule has 3 heteroatoms. The Morgan fingerprint density at radius 1 is 1.00 bits per heavy atom. The smallest absolute Gasteiger partial charge is 0.119 e. The fourth-order valence-corrected chi connectivity index (χ4v) is 3.31. The highest BCUT2D eigenvalue weighted by Crippen LogP contribution is 2.34. The highest BCUT2D eigenvalue weighted by Gasteiger charge is 2.25. The van der Waals surface area contributed by atoms with Gasteiger partial charge in [0.2, 0.25) is 0 Å². The van der Waals surface area contributed by atoms with Gasteiger partial charge in [0.05, 0.1) is 13.7 Å². The van der Waals surface area contributed by atoms with Crippen LogP contribution in [0.5, 0.6) is 11.5 Å². The molecule has 1 aliphatic rings. The topological polar surface area (TPSA) is 21.7 Å². The molecule has 2 aromatic rings. The van der Waals surface area contributed by atoms with E-state index in [-0.39, 0.29) is 0 Å². The van der Waals surface area contributed by atoms with Gasteiger partial charge in [0.15, 0.2) is 0 Å². The van der Waals surface area contributed by atoms with Crippen molar-refractivity contribution in [2.45, 2.75) is 32.4 Å². The van der Waals surface area contributed by atoms with Gasteiger partial charge in [-0.25, -0.2) is 0 Å². The lowest BCUT2D eigenvalue weighted by Gasteiger charge is -2.25. The molecule has 2 aromatic carbocycles. The highest BCUT2D eigenvalue weighted by molar-refractivity contribution is 5.30. The summed E-state index contributed by atoms with van der Waals surface area (Å²) in [7, 11) is 1.71. The lowest BCUT2D eigenvalue weighted by Crippen LogP contribution is -2.22. The van der Waals surface area contributed by atoms with Crippen LogP contribution in [0, 0.1) is 0 Å². The predicted octanol–water partition coefficient (Wildman–Crippen LogP) is 4.43. The number of benzene rings is 2. The fourth-order valence-electron chi connectivity index (χ4n) is 3.31. The first kappa shape index (κ1) is 15.9. The van der Waals surface area contributed by atoms with Gasteiger partial charge in [-0.15, -0.1) is 0 Å². The van der Waals surface area contributed by atoms with Crippen LogP contribution >= 0.6 is 0 Å². The summed E-state index contributed by atoms with van der Waals surface area (Å²) in [5.74, 6) is 1.87. The van der Waals surface area contributed by atoms with E-state index in [1.807, 2.05) is 6.92 Å². The number of methoxy groups -OCH3 is 1. The van der Waals surface area contributed by atoms with Crippen LogP contribution in [-0.2, 0) is 6.54 Å². The molecule has 23 heavy (non-hydrogen) atoms. The van der Waals surface area contributed by atoms with Crippen LogP contribution in [0.4, 0.5) is 0 Å². The Bertz CT molecular complexity index is 607. The summed E-state index contributed by atoms with van der Waals surface area (Å²) in [6, 6.07) is 17.5. The molecule has 0 radical (unpaired) electrons. The SMILES string of the molecule is CCOc1ccc(CN2CCCC2c2ccc(OC)cc2)cc1. The minimum Gasteiger partial charge on any atom is -0.497 e. The molecule has 0 bridgehead atoms. The van der Waals surface area contributed by atoms with Crippen molar-refractivity contribution in [3.8, 4) is 11.5 Å². The summed E-state index contributed by atoms with van der Waals surface area (Å²) >= 11 is 0. The zero-order valence-corrected chi connectivity index (χ0v) is 14.0. The maximum absolute atomic E-state index is 5.52. The molecule has 0 aliphatic carbocycles. The zero-order chi connectivity index (χ0) is 16.1. The Labute approximate surface area is 138 Å². The molecule has 0 saturated carbocycles. The Hall–Kier alpha value is -2.00. The largest absolute Gasteiger partial charge is 0.497 e. The summed E-state index contributed by atoms with van der Waals surface area (Å²) in [6.07, 6.45) is 2.48. The standard InChI is InChI=1S/C20H25NO2/c1-3-23-19-10-6-16(7-11-19)15-21-14-4-5-20(21)17-8-12-18(22-2)13-9-17/h6-13,20H,3-5,14-15H2,1-2H3. The van der Waals surface area contributed by atoms with E-state index in [4.69, 9.17) is 9.47 Å². The predicted molar refractivity (Wildman–Crippen MR) is 93.0 cm³/mol. The summed E-state index contributed by atoms with van der Waals surface area (Å²) in [6.45, 7) is 4.87. The van der Waals surface area contributed by atoms with E-state index in [1.165, 1.54) is 24.0 Å². The highest BCUT2D eigenvalue weighted by atomic mass is 16.5. The second kappa shape index (κ2) is 7.51. The van der Waals surface area contributed by atoms with Crippen molar-refractivity contribution in [2.24, 2.45) is 0 Å². The monoisotopic (exact) mass is 311 g/mol. The number of rotatable bonds is 6. The second-order valence-electron chi connectivity index (χ2n) is 5.98. The first-order valence-corrected chi connectivity index (χ1v) is 8.40. The lowest BCUT2D eigenvalue weighted by atomic mass is 10.0. The van der Waals surface area contributed by atoms with Crippen LogP contribution in [0.1, 0.15) is 36.9 Å². The van der Waals surface area contributed by atoms with E-state index in [0.717, 1.165) is 24.6 Å². The van der Waals surface area contributed by atoms with Gasteiger partial charge >= 0.3 is 0 Å². The van der Waals surface area contributed by atoms with Crippen LogP contribution in [0.25, 0.3) is 0 Å². The third-order valence-corrected chi connectivity index (χ3v) is 4.48. The first-order valence-electron chi connectivity index (χ1n) is 8.40. The van der Waals surface area contributed by atoms with E-state index in [0.29, 0.717) is 12.6 Å². The number of likely N-dealkylation sites (tertiary alicyclic amines) is 1. The molecule has 0 amide bonds. The fraction of sp³-hybridized carbons (Fsp3) is 0.400. The molecule has 1 unspecified atom stereocenters. The maximum atomic E-state index is 5.52. The van der Waals surface area contributed by atoms with Gasteiger partial charge in [-0.05, 0) is 61.7 Å². The van der Waals surface area contributed by atoms with Crippen molar-refractivity contribution >= 4 is 0 Å². The van der Waals surface area contributed by atoms with Gasteiger partial charge in [-0.2, -0.15) is 0 Å². The van der Waals surface area contributed by atoms with Crippen molar-refractivity contribution in [1.29, 1.82) is 0 Å². The van der Waals surface area contributed by atoms with Gasteiger partial charge in [0, 0.05) is 12.6 Å². The van der Waals surface area contributed by atoms with Crippen molar-refractivity contribution in [3.05, 3.63) is 59.7 Å². The molecule has 1 saturated heterocycles. The molecule has 3 rings (SSSR count). The van der Waals surface area contributed by atoms with Crippen LogP contribution < -0.4 is 9.47 Å². The Kier molecular flexibility index (Phi) is 5.19. The minimum absolute atomic E-state index is 0.507. The third kappa shape index (κ3) is 3.85. The molecular weight excluding hydrogens is 286 g/mol. The average Bonchev–Trinajstić information content (AvgIpc) is 3.05. The molecule has 0 N–H and O–H groups in total. The minimum atomic E-state index is 0.507. The van der Waals surface area contributed by atoms with Crippen LogP contribution in [-0.4, -0.2) is 25.2 Å². The Morgan fingerprint density at radius 3 is 2.35 bits per heavy atom. The van der Waals surface area contributed by atoms with E-state index < -0.39 is 0 Å². The molecule has 0 aromatic heterocycles. The van der Waals surface area contributed by atoms with Gasteiger partial charge < -0.3 is 9.47 Å². The van der Waals surface area contributed by atoms with Gasteiger partial charge in [-0.1, -0.05) is 24.3 Å². The molecule has 1 fully saturated rings. The van der Waals surface area contributed by atoms with E-state index in [9.17, 15) is 0 Å². The van der Waals surface area contributed by atoms with E-state index in [2.05, 4.69) is 53.4 Å². The second-order valence-corrected chi connectivity index (χ2v) is 5.98. The Balaban J connectivity index is 1.68. The van der Waals surface area contributed by atoms with Crippen molar-refractivity contribution in [2.75, 3.05) is 20.3 Å². The first-order chi connectivity index (χ1) is 11.3. The van der Waals surface area contributed by atoms with E-state index in [1.54, 1.807) is 7.11 Å².